The Morgan fingerprint density at radius 2 is 1.97 bits per heavy atom. The predicted molar refractivity (Wildman–Crippen MR) is 110 cm³/mol. The Morgan fingerprint density at radius 3 is 2.62 bits per heavy atom. The van der Waals surface area contributed by atoms with Gasteiger partial charge in [0.25, 0.3) is 0 Å². The van der Waals surface area contributed by atoms with Crippen molar-refractivity contribution in [3.63, 3.8) is 0 Å². The molecule has 0 bridgehead atoms. The number of nitrogens with two attached hydrogens (primary N) is 1. The van der Waals surface area contributed by atoms with Crippen molar-refractivity contribution in [2.45, 2.75) is 50.7 Å². The maximum absolute atomic E-state index is 12.1. The van der Waals surface area contributed by atoms with Crippen molar-refractivity contribution < 1.29 is 14.4 Å². The zero-order chi connectivity index (χ0) is 21.0. The molecule has 29 heavy (non-hydrogen) atoms. The van der Waals surface area contributed by atoms with E-state index in [0.29, 0.717) is 23.3 Å². The lowest BCUT2D eigenvalue weighted by Crippen LogP contribution is -2.35. The number of urea groups is 1. The van der Waals surface area contributed by atoms with E-state index in [2.05, 4.69) is 20.8 Å². The number of hydrogen-bond acceptors (Lipinski definition) is 6. The molecule has 0 radical (unpaired) electrons. The third kappa shape index (κ3) is 5.80. The van der Waals surface area contributed by atoms with Crippen LogP contribution in [0.5, 0.6) is 0 Å². The lowest BCUT2D eigenvalue weighted by atomic mass is 10.1. The van der Waals surface area contributed by atoms with Gasteiger partial charge in [0.1, 0.15) is 5.82 Å². The second-order valence-corrected chi connectivity index (χ2v) is 8.02. The second-order valence-electron chi connectivity index (χ2n) is 7.07. The maximum atomic E-state index is 12.1. The molecule has 0 unspecified atom stereocenters. The summed E-state index contributed by atoms with van der Waals surface area (Å²) >= 11 is 1.17. The molecule has 10 heteroatoms. The average Bonchev–Trinajstić information content (AvgIpc) is 3.41. The molecule has 1 aliphatic carbocycles. The molecule has 0 aliphatic heterocycles. The van der Waals surface area contributed by atoms with Crippen LogP contribution in [0.4, 0.5) is 10.5 Å². The minimum atomic E-state index is -0.590. The summed E-state index contributed by atoms with van der Waals surface area (Å²) in [5.41, 5.74) is 8.03. The zero-order valence-electron chi connectivity index (χ0n) is 16.4. The van der Waals surface area contributed by atoms with Gasteiger partial charge in [0.15, 0.2) is 5.16 Å². The van der Waals surface area contributed by atoms with Crippen molar-refractivity contribution in [3.05, 3.63) is 35.2 Å². The van der Waals surface area contributed by atoms with Crippen LogP contribution in [-0.4, -0.2) is 38.4 Å². The third-order valence-electron chi connectivity index (χ3n) is 4.62. The van der Waals surface area contributed by atoms with Crippen LogP contribution in [0.15, 0.2) is 23.4 Å². The number of benzene rings is 1. The van der Waals surface area contributed by atoms with Crippen molar-refractivity contribution in [2.24, 2.45) is 5.73 Å². The molecule has 1 aliphatic rings. The van der Waals surface area contributed by atoms with Crippen LogP contribution in [-0.2, 0) is 16.1 Å². The Hall–Kier alpha value is -2.88. The minimum Gasteiger partial charge on any atom is -0.370 e. The number of imide groups is 1. The van der Waals surface area contributed by atoms with Crippen LogP contribution in [0.25, 0.3) is 0 Å². The summed E-state index contributed by atoms with van der Waals surface area (Å²) in [4.78, 5) is 35.3. The fourth-order valence-electron chi connectivity index (χ4n) is 2.76. The molecule has 0 saturated heterocycles. The molecule has 1 fully saturated rings. The Morgan fingerprint density at radius 1 is 1.21 bits per heavy atom. The van der Waals surface area contributed by atoms with Gasteiger partial charge in [-0.05, 0) is 49.9 Å². The molecule has 0 spiro atoms. The first-order valence-electron chi connectivity index (χ1n) is 9.35. The van der Waals surface area contributed by atoms with Crippen LogP contribution in [0.1, 0.15) is 42.1 Å². The van der Waals surface area contributed by atoms with Crippen molar-refractivity contribution in [1.29, 1.82) is 0 Å². The normalized spacial score (nSPS) is 13.2. The van der Waals surface area contributed by atoms with Crippen LogP contribution in [0, 0.1) is 13.8 Å². The molecule has 1 heterocycles. The van der Waals surface area contributed by atoms with Gasteiger partial charge >= 0.3 is 6.03 Å². The molecule has 1 aromatic carbocycles. The van der Waals surface area contributed by atoms with Gasteiger partial charge in [-0.3, -0.25) is 14.9 Å². The molecule has 2 aromatic rings. The Labute approximate surface area is 172 Å². The highest BCUT2D eigenvalue weighted by atomic mass is 32.2. The lowest BCUT2D eigenvalue weighted by Gasteiger charge is -2.10. The van der Waals surface area contributed by atoms with Gasteiger partial charge in [0, 0.05) is 24.6 Å². The van der Waals surface area contributed by atoms with Gasteiger partial charge < -0.3 is 15.6 Å². The van der Waals surface area contributed by atoms with E-state index in [4.69, 9.17) is 5.73 Å². The van der Waals surface area contributed by atoms with Crippen LogP contribution >= 0.6 is 11.8 Å². The molecule has 9 nitrogen and oxygen atoms in total. The fraction of sp³-hybridized carbons (Fsp3) is 0.421. The smallest absolute Gasteiger partial charge is 0.325 e. The van der Waals surface area contributed by atoms with Gasteiger partial charge in [-0.15, -0.1) is 10.2 Å². The standard InChI is InChI=1S/C19H24N6O3S/c1-11-3-6-14(9-12(11)2)21-18(28)22-16(27)10-29-19-24-23-17(13-4-5-13)25(19)8-7-15(20)26/h3,6,9,13H,4-5,7-8,10H2,1-2H3,(H2,20,26)(H2,21,22,27,28). The largest absolute Gasteiger partial charge is 0.370 e. The number of carbonyl (C=O) groups is 3. The number of aryl methyl sites for hydroxylation is 2. The number of nitrogens with zero attached hydrogens (tertiary/aromatic N) is 3. The Kier molecular flexibility index (Phi) is 6.53. The molecule has 1 saturated carbocycles. The second kappa shape index (κ2) is 9.08. The first-order chi connectivity index (χ1) is 13.8. The lowest BCUT2D eigenvalue weighted by molar-refractivity contribution is -0.118. The molecule has 4 amide bonds. The summed E-state index contributed by atoms with van der Waals surface area (Å²) in [7, 11) is 0. The number of amides is 4. The molecule has 1 aromatic heterocycles. The van der Waals surface area contributed by atoms with Crippen LogP contribution < -0.4 is 16.4 Å². The molecule has 4 N–H and O–H groups in total. The fourth-order valence-corrected chi connectivity index (χ4v) is 3.53. The Bertz CT molecular complexity index is 938. The summed E-state index contributed by atoms with van der Waals surface area (Å²) in [6.07, 6.45) is 2.26. The number of thioether (sulfide) groups is 1. The first kappa shape index (κ1) is 20.8. The van der Waals surface area contributed by atoms with E-state index in [1.54, 1.807) is 6.07 Å². The Balaban J connectivity index is 1.54. The SMILES string of the molecule is Cc1ccc(NC(=O)NC(=O)CSc2nnc(C3CC3)n2CCC(N)=O)cc1C. The average molecular weight is 417 g/mol. The van der Waals surface area contributed by atoms with E-state index in [1.165, 1.54) is 11.8 Å². The van der Waals surface area contributed by atoms with Gasteiger partial charge in [-0.25, -0.2) is 4.79 Å². The van der Waals surface area contributed by atoms with E-state index >= 15 is 0 Å². The monoisotopic (exact) mass is 416 g/mol. The van der Waals surface area contributed by atoms with E-state index < -0.39 is 17.8 Å². The summed E-state index contributed by atoms with van der Waals surface area (Å²) in [6.45, 7) is 4.31. The van der Waals surface area contributed by atoms with Crippen molar-refractivity contribution in [1.82, 2.24) is 20.1 Å². The number of carbonyl (C=O) groups excluding carboxylic acids is 3. The molecular weight excluding hydrogens is 392 g/mol. The van der Waals surface area contributed by atoms with E-state index in [-0.39, 0.29) is 12.2 Å². The van der Waals surface area contributed by atoms with Crippen LogP contribution in [0.3, 0.4) is 0 Å². The minimum absolute atomic E-state index is 0.000281. The topological polar surface area (TPSA) is 132 Å². The van der Waals surface area contributed by atoms with Gasteiger partial charge in [-0.1, -0.05) is 17.8 Å². The van der Waals surface area contributed by atoms with Crippen molar-refractivity contribution >= 4 is 35.3 Å². The maximum Gasteiger partial charge on any atom is 0.325 e. The quantitative estimate of drug-likeness (QED) is 0.565. The van der Waals surface area contributed by atoms with Gasteiger partial charge in [0.2, 0.25) is 11.8 Å². The van der Waals surface area contributed by atoms with Crippen molar-refractivity contribution in [3.8, 4) is 0 Å². The van der Waals surface area contributed by atoms with Gasteiger partial charge in [0.05, 0.1) is 5.75 Å². The zero-order valence-corrected chi connectivity index (χ0v) is 17.2. The summed E-state index contributed by atoms with van der Waals surface area (Å²) in [5, 5.41) is 13.8. The molecule has 154 valence electrons. The van der Waals surface area contributed by atoms with E-state index in [1.807, 2.05) is 30.5 Å². The first-order valence-corrected chi connectivity index (χ1v) is 10.3. The number of nitrogens with one attached hydrogen (secondary N) is 2. The van der Waals surface area contributed by atoms with Gasteiger partial charge in [-0.2, -0.15) is 0 Å². The number of rotatable bonds is 8. The molecular formula is C19H24N6O3S. The number of aromatic nitrogens is 3. The predicted octanol–water partition coefficient (Wildman–Crippen LogP) is 2.09. The number of hydrogen-bond donors (Lipinski definition) is 3. The number of anilines is 1. The van der Waals surface area contributed by atoms with Crippen molar-refractivity contribution in [2.75, 3.05) is 11.1 Å². The third-order valence-corrected chi connectivity index (χ3v) is 5.59. The van der Waals surface area contributed by atoms with E-state index in [0.717, 1.165) is 29.8 Å². The molecule has 3 rings (SSSR count). The highest BCUT2D eigenvalue weighted by Gasteiger charge is 2.30. The molecule has 0 atom stereocenters. The summed E-state index contributed by atoms with van der Waals surface area (Å²) in [5.74, 6) is 0.314. The van der Waals surface area contributed by atoms with E-state index in [9.17, 15) is 14.4 Å². The van der Waals surface area contributed by atoms with Crippen LogP contribution in [0.2, 0.25) is 0 Å². The summed E-state index contributed by atoms with van der Waals surface area (Å²) in [6, 6.07) is 4.93. The summed E-state index contributed by atoms with van der Waals surface area (Å²) < 4.78 is 1.84. The number of primary amides is 1. The highest BCUT2D eigenvalue weighted by molar-refractivity contribution is 7.99. The highest BCUT2D eigenvalue weighted by Crippen LogP contribution is 2.40.